The van der Waals surface area contributed by atoms with E-state index in [9.17, 15) is 4.79 Å². The van der Waals surface area contributed by atoms with E-state index in [0.29, 0.717) is 31.3 Å². The number of rotatable bonds is 16. The fourth-order valence-electron chi connectivity index (χ4n) is 3.99. The molecule has 0 unspecified atom stereocenters. The molecule has 0 saturated carbocycles. The molecular formula is C32H41ClINO4. The van der Waals surface area contributed by atoms with Crippen LogP contribution in [0, 0.1) is 0 Å². The lowest BCUT2D eigenvalue weighted by Crippen LogP contribution is -3.00. The molecule has 0 heterocycles. The summed E-state index contributed by atoms with van der Waals surface area (Å²) in [5.41, 5.74) is 3.24. The van der Waals surface area contributed by atoms with Crippen molar-refractivity contribution in [2.75, 3.05) is 34.4 Å². The van der Waals surface area contributed by atoms with E-state index >= 15 is 0 Å². The monoisotopic (exact) mass is 665 g/mol. The Hall–Kier alpha value is -2.29. The molecule has 0 aliphatic heterocycles. The molecule has 0 aliphatic rings. The van der Waals surface area contributed by atoms with Gasteiger partial charge in [0.25, 0.3) is 0 Å². The lowest BCUT2D eigenvalue weighted by atomic mass is 10.1. The summed E-state index contributed by atoms with van der Waals surface area (Å²) in [7, 11) is 6.37. The molecule has 0 fully saturated rings. The summed E-state index contributed by atoms with van der Waals surface area (Å²) in [4.78, 5) is 12.1. The molecule has 3 rings (SSSR count). The van der Waals surface area contributed by atoms with E-state index in [0.717, 1.165) is 65.6 Å². The molecule has 0 atom stereocenters. The predicted molar refractivity (Wildman–Crippen MR) is 156 cm³/mol. The fraction of sp³-hybridized carbons (Fsp3) is 0.406. The fourth-order valence-corrected chi connectivity index (χ4v) is 4.20. The Bertz CT molecular complexity index is 1110. The zero-order chi connectivity index (χ0) is 27.2. The Balaban J connectivity index is 0.00000533. The van der Waals surface area contributed by atoms with Crippen LogP contribution in [0.15, 0.2) is 72.8 Å². The van der Waals surface area contributed by atoms with E-state index in [-0.39, 0.29) is 29.9 Å². The minimum Gasteiger partial charge on any atom is -1.00 e. The van der Waals surface area contributed by atoms with E-state index in [4.69, 9.17) is 25.8 Å². The van der Waals surface area contributed by atoms with Crippen LogP contribution in [0.1, 0.15) is 49.7 Å². The number of halogens is 2. The molecule has 0 aromatic heterocycles. The number of hydrogen-bond acceptors (Lipinski definition) is 4. The van der Waals surface area contributed by atoms with Crippen molar-refractivity contribution in [3.8, 4) is 11.5 Å². The van der Waals surface area contributed by atoms with Crippen molar-refractivity contribution >= 4 is 23.3 Å². The van der Waals surface area contributed by atoms with Crippen LogP contribution in [-0.2, 0) is 22.6 Å². The highest BCUT2D eigenvalue weighted by Gasteiger charge is 2.12. The lowest BCUT2D eigenvalue weighted by Gasteiger charge is -2.23. The molecule has 0 spiro atoms. The lowest BCUT2D eigenvalue weighted by molar-refractivity contribution is -0.142. The number of benzene rings is 3. The van der Waals surface area contributed by atoms with Crippen LogP contribution in [0.4, 0.5) is 5.69 Å². The van der Waals surface area contributed by atoms with Crippen LogP contribution < -0.4 is 37.9 Å². The maximum atomic E-state index is 12.1. The van der Waals surface area contributed by atoms with Crippen LogP contribution in [0.5, 0.6) is 11.5 Å². The Kier molecular flexibility index (Phi) is 14.7. The number of nitrogens with zero attached hydrogens (tertiary/aromatic N) is 1. The van der Waals surface area contributed by atoms with Crippen molar-refractivity contribution in [1.29, 1.82) is 0 Å². The number of carbonyl (C=O) groups is 1. The van der Waals surface area contributed by atoms with E-state index in [2.05, 4.69) is 33.3 Å². The van der Waals surface area contributed by atoms with Gasteiger partial charge >= 0.3 is 5.97 Å². The second kappa shape index (κ2) is 17.4. The number of unbranched alkanes of at least 4 members (excludes halogenated alkanes) is 5. The second-order valence-corrected chi connectivity index (χ2v) is 10.9. The molecule has 39 heavy (non-hydrogen) atoms. The van der Waals surface area contributed by atoms with Gasteiger partial charge in [-0.05, 0) is 72.5 Å². The Morgan fingerprint density at radius 3 is 1.92 bits per heavy atom. The number of carbonyl (C=O) groups excluding carboxylic acids is 1. The van der Waals surface area contributed by atoms with Gasteiger partial charge < -0.3 is 38.2 Å². The topological polar surface area (TPSA) is 44.8 Å². The van der Waals surface area contributed by atoms with Gasteiger partial charge in [-0.1, -0.05) is 61.5 Å². The molecule has 0 radical (unpaired) electrons. The maximum Gasteiger partial charge on any atom is 0.310 e. The van der Waals surface area contributed by atoms with Crippen LogP contribution in [0.2, 0.25) is 5.02 Å². The maximum absolute atomic E-state index is 12.1. The van der Waals surface area contributed by atoms with Gasteiger partial charge in [0.05, 0.1) is 40.8 Å². The third-order valence-corrected chi connectivity index (χ3v) is 6.48. The molecule has 3 aromatic rings. The zero-order valence-electron chi connectivity index (χ0n) is 23.3. The van der Waals surface area contributed by atoms with Crippen molar-refractivity contribution in [1.82, 2.24) is 4.48 Å². The number of hydrogen-bond donors (Lipinski definition) is 0. The minimum atomic E-state index is -0.152. The molecular weight excluding hydrogens is 625 g/mol. The van der Waals surface area contributed by atoms with Crippen LogP contribution in [-0.4, -0.2) is 40.3 Å². The number of quaternary nitrogens is 1. The van der Waals surface area contributed by atoms with Gasteiger partial charge in [-0.25, -0.2) is 0 Å². The Labute approximate surface area is 256 Å². The molecule has 7 heteroatoms. The SMILES string of the molecule is C[N+](C)(C)c1ccc(CC(=O)OCCCCCCCCOc2ccc(OCc3cccc(Cl)c3)cc2)cc1.[I-]. The molecule has 0 bridgehead atoms. The van der Waals surface area contributed by atoms with Crippen molar-refractivity contribution in [2.45, 2.75) is 51.6 Å². The van der Waals surface area contributed by atoms with Gasteiger partial charge in [0.2, 0.25) is 0 Å². The first kappa shape index (κ1) is 32.9. The van der Waals surface area contributed by atoms with Crippen LogP contribution in [0.25, 0.3) is 0 Å². The Morgan fingerprint density at radius 2 is 1.31 bits per heavy atom. The van der Waals surface area contributed by atoms with Gasteiger partial charge in [0, 0.05) is 5.02 Å². The van der Waals surface area contributed by atoms with Crippen molar-refractivity contribution in [3.05, 3.63) is 88.9 Å². The summed E-state index contributed by atoms with van der Waals surface area (Å²) in [5, 5.41) is 0.712. The van der Waals surface area contributed by atoms with Crippen LogP contribution in [0.3, 0.4) is 0 Å². The molecule has 0 aliphatic carbocycles. The third kappa shape index (κ3) is 13.1. The molecule has 3 aromatic carbocycles. The molecule has 0 N–H and O–H groups in total. The molecule has 5 nitrogen and oxygen atoms in total. The predicted octanol–water partition coefficient (Wildman–Crippen LogP) is 4.63. The van der Waals surface area contributed by atoms with Crippen molar-refractivity contribution < 1.29 is 43.0 Å². The normalized spacial score (nSPS) is 11.0. The summed E-state index contributed by atoms with van der Waals surface area (Å²) in [6.07, 6.45) is 6.77. The standard InChI is InChI=1S/C32H41ClNO4.HI/c1-34(2,3)29-15-13-26(14-16-29)24-32(35)37-22-9-7-5-4-6-8-21-36-30-17-19-31(20-18-30)38-25-27-11-10-12-28(33)23-27;/h10-20,23H,4-9,21-22,24-25H2,1-3H3;1H/q+1;/p-1. The highest BCUT2D eigenvalue weighted by molar-refractivity contribution is 6.30. The largest absolute Gasteiger partial charge is 1.00 e. The summed E-state index contributed by atoms with van der Waals surface area (Å²) < 4.78 is 17.8. The average molecular weight is 666 g/mol. The van der Waals surface area contributed by atoms with Gasteiger partial charge in [-0.3, -0.25) is 9.28 Å². The van der Waals surface area contributed by atoms with Gasteiger partial charge in [-0.15, -0.1) is 0 Å². The first-order valence-corrected chi connectivity index (χ1v) is 13.8. The minimum absolute atomic E-state index is 0. The number of esters is 1. The van der Waals surface area contributed by atoms with Crippen molar-refractivity contribution in [3.63, 3.8) is 0 Å². The first-order valence-electron chi connectivity index (χ1n) is 13.5. The average Bonchev–Trinajstić information content (AvgIpc) is 2.89. The van der Waals surface area contributed by atoms with Gasteiger partial charge in [0.15, 0.2) is 0 Å². The van der Waals surface area contributed by atoms with Gasteiger partial charge in [0.1, 0.15) is 23.8 Å². The zero-order valence-corrected chi connectivity index (χ0v) is 26.2. The van der Waals surface area contributed by atoms with Crippen molar-refractivity contribution in [2.24, 2.45) is 0 Å². The molecule has 0 saturated heterocycles. The molecule has 212 valence electrons. The van der Waals surface area contributed by atoms with Crippen LogP contribution >= 0.6 is 11.6 Å². The quantitative estimate of drug-likeness (QED) is 0.0970. The third-order valence-electron chi connectivity index (χ3n) is 6.25. The summed E-state index contributed by atoms with van der Waals surface area (Å²) >= 11 is 6.01. The van der Waals surface area contributed by atoms with Gasteiger partial charge in [-0.2, -0.15) is 0 Å². The molecule has 0 amide bonds. The highest BCUT2D eigenvalue weighted by Crippen LogP contribution is 2.20. The van der Waals surface area contributed by atoms with E-state index < -0.39 is 0 Å². The summed E-state index contributed by atoms with van der Waals surface area (Å²) in [6.45, 7) is 1.68. The second-order valence-electron chi connectivity index (χ2n) is 10.4. The highest BCUT2D eigenvalue weighted by atomic mass is 127. The van der Waals surface area contributed by atoms with E-state index in [1.54, 1.807) is 0 Å². The smallest absolute Gasteiger partial charge is 0.310 e. The first-order chi connectivity index (χ1) is 18.3. The summed E-state index contributed by atoms with van der Waals surface area (Å²) in [5.74, 6) is 1.50. The van der Waals surface area contributed by atoms with E-state index in [1.165, 1.54) is 5.69 Å². The summed E-state index contributed by atoms with van der Waals surface area (Å²) in [6, 6.07) is 23.6. The number of ether oxygens (including phenoxy) is 3. The van der Waals surface area contributed by atoms with E-state index in [1.807, 2.05) is 60.7 Å². The Morgan fingerprint density at radius 1 is 0.718 bits per heavy atom.